The minimum atomic E-state index is -4.39. The average molecular weight is 300 g/mol. The molecule has 1 spiro atoms. The molecule has 2 aliphatic rings. The summed E-state index contributed by atoms with van der Waals surface area (Å²) in [6, 6.07) is 0.963. The zero-order chi connectivity index (χ0) is 14.9. The lowest BCUT2D eigenvalue weighted by Crippen LogP contribution is -2.46. The van der Waals surface area contributed by atoms with Gasteiger partial charge in [-0.1, -0.05) is 0 Å². The molecule has 2 heterocycles. The molecule has 2 fully saturated rings. The zero-order valence-corrected chi connectivity index (χ0v) is 11.7. The molecule has 116 valence electrons. The molecule has 0 radical (unpaired) electrons. The second-order valence-electron chi connectivity index (χ2n) is 6.20. The van der Waals surface area contributed by atoms with Crippen LogP contribution in [0.1, 0.15) is 31.2 Å². The standard InChI is InChI=1S/C15H19F3N2O/c16-15(17,18)12-1-4-20-9-13(12)21-10-11-7-14(8-11)2-5-19-6-3-14/h1,4,9,11,19H,2-3,5-8,10H2. The Morgan fingerprint density at radius 1 is 1.29 bits per heavy atom. The summed E-state index contributed by atoms with van der Waals surface area (Å²) in [7, 11) is 0. The quantitative estimate of drug-likeness (QED) is 0.930. The van der Waals surface area contributed by atoms with Gasteiger partial charge in [0.2, 0.25) is 0 Å². The van der Waals surface area contributed by atoms with Crippen LogP contribution in [0.2, 0.25) is 0 Å². The summed E-state index contributed by atoms with van der Waals surface area (Å²) in [4.78, 5) is 3.73. The molecule has 6 heteroatoms. The highest BCUT2D eigenvalue weighted by molar-refractivity contribution is 5.32. The Bertz CT molecular complexity index is 490. The van der Waals surface area contributed by atoms with Crippen molar-refractivity contribution < 1.29 is 17.9 Å². The van der Waals surface area contributed by atoms with Gasteiger partial charge in [0.15, 0.2) is 0 Å². The first-order chi connectivity index (χ1) is 9.99. The maximum absolute atomic E-state index is 12.8. The summed E-state index contributed by atoms with van der Waals surface area (Å²) in [5, 5.41) is 3.34. The molecule has 1 aromatic heterocycles. The van der Waals surface area contributed by atoms with Gasteiger partial charge in [-0.3, -0.25) is 4.98 Å². The molecular weight excluding hydrogens is 281 g/mol. The monoisotopic (exact) mass is 300 g/mol. The third-order valence-corrected chi connectivity index (χ3v) is 4.67. The van der Waals surface area contributed by atoms with E-state index in [2.05, 4.69) is 10.3 Å². The molecule has 0 unspecified atom stereocenters. The average Bonchev–Trinajstić information content (AvgIpc) is 2.43. The second-order valence-corrected chi connectivity index (χ2v) is 6.20. The first kappa shape index (κ1) is 14.6. The van der Waals surface area contributed by atoms with Crippen molar-refractivity contribution in [1.82, 2.24) is 10.3 Å². The minimum absolute atomic E-state index is 0.156. The summed E-state index contributed by atoms with van der Waals surface area (Å²) in [5.74, 6) is 0.209. The zero-order valence-electron chi connectivity index (χ0n) is 11.7. The van der Waals surface area contributed by atoms with Crippen LogP contribution >= 0.6 is 0 Å². The van der Waals surface area contributed by atoms with Gasteiger partial charge in [-0.25, -0.2) is 0 Å². The van der Waals surface area contributed by atoms with Gasteiger partial charge in [-0.15, -0.1) is 0 Å². The Morgan fingerprint density at radius 2 is 2.00 bits per heavy atom. The molecule has 0 amide bonds. The van der Waals surface area contributed by atoms with Crippen molar-refractivity contribution in [2.45, 2.75) is 31.9 Å². The first-order valence-electron chi connectivity index (χ1n) is 7.33. The number of hydrogen-bond donors (Lipinski definition) is 1. The van der Waals surface area contributed by atoms with Gasteiger partial charge in [-0.2, -0.15) is 13.2 Å². The van der Waals surface area contributed by atoms with Crippen LogP contribution in [-0.4, -0.2) is 24.7 Å². The van der Waals surface area contributed by atoms with Gasteiger partial charge in [0, 0.05) is 6.20 Å². The molecule has 1 saturated heterocycles. The Balaban J connectivity index is 1.55. The molecule has 0 aromatic carbocycles. The third-order valence-electron chi connectivity index (χ3n) is 4.67. The Hall–Kier alpha value is -1.30. The normalized spacial score (nSPS) is 22.0. The van der Waals surface area contributed by atoms with Crippen LogP contribution in [0, 0.1) is 11.3 Å². The van der Waals surface area contributed by atoms with E-state index < -0.39 is 11.7 Å². The number of hydrogen-bond acceptors (Lipinski definition) is 3. The second kappa shape index (κ2) is 5.48. The van der Waals surface area contributed by atoms with E-state index >= 15 is 0 Å². The van der Waals surface area contributed by atoms with Gasteiger partial charge in [0.1, 0.15) is 11.3 Å². The van der Waals surface area contributed by atoms with E-state index in [9.17, 15) is 13.2 Å². The molecule has 0 atom stereocenters. The summed E-state index contributed by atoms with van der Waals surface area (Å²) in [6.07, 6.45) is 2.37. The SMILES string of the molecule is FC(F)(F)c1ccncc1OCC1CC2(CCNCC2)C1. The molecule has 1 saturated carbocycles. The highest BCUT2D eigenvalue weighted by atomic mass is 19.4. The lowest BCUT2D eigenvalue weighted by molar-refractivity contribution is -0.139. The molecule has 1 aromatic rings. The number of pyridine rings is 1. The number of aromatic nitrogens is 1. The highest BCUT2D eigenvalue weighted by Gasteiger charge is 2.44. The van der Waals surface area contributed by atoms with Crippen LogP contribution in [0.5, 0.6) is 5.75 Å². The van der Waals surface area contributed by atoms with Crippen molar-refractivity contribution in [3.05, 3.63) is 24.0 Å². The van der Waals surface area contributed by atoms with Gasteiger partial charge in [0.25, 0.3) is 0 Å². The van der Waals surface area contributed by atoms with Gasteiger partial charge >= 0.3 is 6.18 Å². The maximum atomic E-state index is 12.8. The molecule has 1 N–H and O–H groups in total. The lowest BCUT2D eigenvalue weighted by Gasteiger charge is -2.50. The largest absolute Gasteiger partial charge is 0.491 e. The van der Waals surface area contributed by atoms with Crippen LogP contribution < -0.4 is 10.1 Å². The van der Waals surface area contributed by atoms with E-state index in [1.54, 1.807) is 0 Å². The van der Waals surface area contributed by atoms with Gasteiger partial charge in [0.05, 0.1) is 12.8 Å². The van der Waals surface area contributed by atoms with Crippen molar-refractivity contribution in [2.75, 3.05) is 19.7 Å². The van der Waals surface area contributed by atoms with Crippen LogP contribution in [0.3, 0.4) is 0 Å². The van der Waals surface area contributed by atoms with Crippen molar-refractivity contribution in [2.24, 2.45) is 11.3 Å². The fraction of sp³-hybridized carbons (Fsp3) is 0.667. The number of alkyl halides is 3. The highest BCUT2D eigenvalue weighted by Crippen LogP contribution is 2.51. The molecule has 3 nitrogen and oxygen atoms in total. The summed E-state index contributed by atoms with van der Waals surface area (Å²) in [6.45, 7) is 2.45. The Kier molecular flexibility index (Phi) is 3.82. The van der Waals surface area contributed by atoms with Crippen LogP contribution in [0.25, 0.3) is 0 Å². The Morgan fingerprint density at radius 3 is 2.67 bits per heavy atom. The van der Waals surface area contributed by atoms with Crippen molar-refractivity contribution in [3.8, 4) is 5.75 Å². The topological polar surface area (TPSA) is 34.1 Å². The van der Waals surface area contributed by atoms with Crippen molar-refractivity contribution >= 4 is 0 Å². The molecule has 1 aliphatic heterocycles. The van der Waals surface area contributed by atoms with Crippen molar-refractivity contribution in [3.63, 3.8) is 0 Å². The molecule has 21 heavy (non-hydrogen) atoms. The fourth-order valence-electron chi connectivity index (χ4n) is 3.58. The third kappa shape index (κ3) is 3.15. The summed E-state index contributed by atoms with van der Waals surface area (Å²) in [5.41, 5.74) is -0.324. The summed E-state index contributed by atoms with van der Waals surface area (Å²) < 4.78 is 43.9. The minimum Gasteiger partial charge on any atom is -0.491 e. The first-order valence-corrected chi connectivity index (χ1v) is 7.33. The number of piperidine rings is 1. The van der Waals surface area contributed by atoms with E-state index in [0.717, 1.165) is 44.4 Å². The lowest BCUT2D eigenvalue weighted by atomic mass is 9.58. The van der Waals surface area contributed by atoms with Crippen molar-refractivity contribution in [1.29, 1.82) is 0 Å². The van der Waals surface area contributed by atoms with Crippen LogP contribution in [0.4, 0.5) is 13.2 Å². The predicted octanol–water partition coefficient (Wildman–Crippen LogP) is 3.26. The number of nitrogens with zero attached hydrogens (tertiary/aromatic N) is 1. The Labute approximate surface area is 121 Å². The van der Waals surface area contributed by atoms with E-state index in [1.165, 1.54) is 12.8 Å². The number of halogens is 3. The van der Waals surface area contributed by atoms with Gasteiger partial charge < -0.3 is 10.1 Å². The maximum Gasteiger partial charge on any atom is 0.420 e. The molecule has 0 bridgehead atoms. The number of rotatable bonds is 3. The molecule has 3 rings (SSSR count). The molecular formula is C15H19F3N2O. The van der Waals surface area contributed by atoms with E-state index in [4.69, 9.17) is 4.74 Å². The number of ether oxygens (including phenoxy) is 1. The smallest absolute Gasteiger partial charge is 0.420 e. The summed E-state index contributed by atoms with van der Waals surface area (Å²) >= 11 is 0. The molecule has 1 aliphatic carbocycles. The predicted molar refractivity (Wildman–Crippen MR) is 72.0 cm³/mol. The van der Waals surface area contributed by atoms with Crippen LogP contribution in [0.15, 0.2) is 18.5 Å². The van der Waals surface area contributed by atoms with E-state index in [-0.39, 0.29) is 5.75 Å². The van der Waals surface area contributed by atoms with Gasteiger partial charge in [-0.05, 0) is 56.2 Å². The fourth-order valence-corrected chi connectivity index (χ4v) is 3.58. The van der Waals surface area contributed by atoms with E-state index in [1.807, 2.05) is 0 Å². The van der Waals surface area contributed by atoms with E-state index in [0.29, 0.717) is 17.9 Å². The van der Waals surface area contributed by atoms with Crippen LogP contribution in [-0.2, 0) is 6.18 Å². The number of nitrogens with one attached hydrogen (secondary N) is 1.